The molecule has 0 aromatic heterocycles. The Labute approximate surface area is 80.3 Å². The van der Waals surface area contributed by atoms with Crippen LogP contribution in [0.1, 0.15) is 33.6 Å². The highest BCUT2D eigenvalue weighted by Crippen LogP contribution is 2.22. The lowest BCUT2D eigenvalue weighted by Crippen LogP contribution is -2.48. The van der Waals surface area contributed by atoms with E-state index in [4.69, 9.17) is 5.73 Å². The summed E-state index contributed by atoms with van der Waals surface area (Å²) in [5.41, 5.74) is 6.06. The molecule has 0 aromatic carbocycles. The van der Waals surface area contributed by atoms with Crippen LogP contribution in [0, 0.1) is 5.92 Å². The van der Waals surface area contributed by atoms with E-state index in [1.54, 1.807) is 6.92 Å². The van der Waals surface area contributed by atoms with Gasteiger partial charge < -0.3 is 10.6 Å². The van der Waals surface area contributed by atoms with Crippen LogP contribution in [0.2, 0.25) is 0 Å². The minimum atomic E-state index is 0.131. The SMILES string of the molecule is CC(=O)N1CCCC1C(N)C(C)C. The van der Waals surface area contributed by atoms with Crippen LogP contribution >= 0.6 is 0 Å². The Morgan fingerprint density at radius 1 is 1.54 bits per heavy atom. The van der Waals surface area contributed by atoms with E-state index >= 15 is 0 Å². The van der Waals surface area contributed by atoms with Crippen LogP contribution in [0.5, 0.6) is 0 Å². The Kier molecular flexibility index (Phi) is 3.31. The molecule has 1 aliphatic rings. The van der Waals surface area contributed by atoms with E-state index in [0.29, 0.717) is 5.92 Å². The number of hydrogen-bond donors (Lipinski definition) is 1. The summed E-state index contributed by atoms with van der Waals surface area (Å²) in [6.45, 7) is 6.74. The average Bonchev–Trinajstić information content (AvgIpc) is 2.50. The number of rotatable bonds is 2. The molecule has 3 heteroatoms. The van der Waals surface area contributed by atoms with E-state index in [-0.39, 0.29) is 18.0 Å². The number of likely N-dealkylation sites (tertiary alicyclic amines) is 1. The lowest BCUT2D eigenvalue weighted by molar-refractivity contribution is -0.130. The summed E-state index contributed by atoms with van der Waals surface area (Å²) in [6.07, 6.45) is 2.17. The summed E-state index contributed by atoms with van der Waals surface area (Å²) >= 11 is 0. The Morgan fingerprint density at radius 3 is 2.62 bits per heavy atom. The zero-order valence-electron chi connectivity index (χ0n) is 8.79. The van der Waals surface area contributed by atoms with Gasteiger partial charge in [-0.1, -0.05) is 13.8 Å². The van der Waals surface area contributed by atoms with Gasteiger partial charge in [-0.3, -0.25) is 4.79 Å². The van der Waals surface area contributed by atoms with E-state index in [1.165, 1.54) is 0 Å². The zero-order chi connectivity index (χ0) is 10.0. The fraction of sp³-hybridized carbons (Fsp3) is 0.900. The van der Waals surface area contributed by atoms with E-state index in [9.17, 15) is 4.79 Å². The van der Waals surface area contributed by atoms with E-state index in [1.807, 2.05) is 4.90 Å². The highest BCUT2D eigenvalue weighted by atomic mass is 16.2. The molecule has 1 fully saturated rings. The molecule has 0 bridgehead atoms. The third-order valence-electron chi connectivity index (χ3n) is 2.92. The fourth-order valence-electron chi connectivity index (χ4n) is 2.03. The quantitative estimate of drug-likeness (QED) is 0.695. The summed E-state index contributed by atoms with van der Waals surface area (Å²) < 4.78 is 0. The lowest BCUT2D eigenvalue weighted by atomic mass is 9.95. The first-order valence-electron chi connectivity index (χ1n) is 5.07. The second kappa shape index (κ2) is 4.09. The molecular weight excluding hydrogens is 164 g/mol. The molecule has 1 amide bonds. The maximum absolute atomic E-state index is 11.3. The number of carbonyl (C=O) groups is 1. The van der Waals surface area contributed by atoms with Crippen molar-refractivity contribution < 1.29 is 4.79 Å². The second-order valence-electron chi connectivity index (χ2n) is 4.24. The normalized spacial score (nSPS) is 25.3. The molecule has 76 valence electrons. The van der Waals surface area contributed by atoms with Crippen molar-refractivity contribution in [2.45, 2.75) is 45.7 Å². The number of nitrogens with two attached hydrogens (primary N) is 1. The molecule has 0 aromatic rings. The van der Waals surface area contributed by atoms with Crippen LogP contribution in [0.15, 0.2) is 0 Å². The molecule has 0 saturated carbocycles. The molecule has 2 atom stereocenters. The Hall–Kier alpha value is -0.570. The van der Waals surface area contributed by atoms with Crippen molar-refractivity contribution in [1.82, 2.24) is 4.90 Å². The molecule has 2 N–H and O–H groups in total. The smallest absolute Gasteiger partial charge is 0.219 e. The molecule has 13 heavy (non-hydrogen) atoms. The standard InChI is InChI=1S/C10H20N2O/c1-7(2)10(11)9-5-4-6-12(9)8(3)13/h7,9-10H,4-6,11H2,1-3H3. The minimum Gasteiger partial charge on any atom is -0.338 e. The van der Waals surface area contributed by atoms with Crippen LogP contribution in [0.3, 0.4) is 0 Å². The van der Waals surface area contributed by atoms with Crippen molar-refractivity contribution in [3.8, 4) is 0 Å². The predicted octanol–water partition coefficient (Wildman–Crippen LogP) is 0.981. The molecule has 3 nitrogen and oxygen atoms in total. The molecule has 0 radical (unpaired) electrons. The molecule has 1 aliphatic heterocycles. The summed E-state index contributed by atoms with van der Waals surface area (Å²) in [4.78, 5) is 13.2. The molecule has 0 aliphatic carbocycles. The van der Waals surface area contributed by atoms with Gasteiger partial charge in [0.25, 0.3) is 0 Å². The fourth-order valence-corrected chi connectivity index (χ4v) is 2.03. The van der Waals surface area contributed by atoms with Crippen LogP contribution in [-0.4, -0.2) is 29.4 Å². The number of nitrogens with zero attached hydrogens (tertiary/aromatic N) is 1. The van der Waals surface area contributed by atoms with Gasteiger partial charge in [0, 0.05) is 25.6 Å². The topological polar surface area (TPSA) is 46.3 Å². The average molecular weight is 184 g/mol. The van der Waals surface area contributed by atoms with Crippen LogP contribution in [0.25, 0.3) is 0 Å². The van der Waals surface area contributed by atoms with E-state index < -0.39 is 0 Å². The van der Waals surface area contributed by atoms with E-state index in [0.717, 1.165) is 19.4 Å². The van der Waals surface area contributed by atoms with Gasteiger partial charge in [-0.2, -0.15) is 0 Å². The van der Waals surface area contributed by atoms with Crippen molar-refractivity contribution in [1.29, 1.82) is 0 Å². The summed E-state index contributed by atoms with van der Waals surface area (Å²) in [7, 11) is 0. The molecular formula is C10H20N2O. The molecule has 1 rings (SSSR count). The van der Waals surface area contributed by atoms with Crippen molar-refractivity contribution in [2.75, 3.05) is 6.54 Å². The van der Waals surface area contributed by atoms with Crippen molar-refractivity contribution >= 4 is 5.91 Å². The number of carbonyl (C=O) groups excluding carboxylic acids is 1. The molecule has 1 heterocycles. The van der Waals surface area contributed by atoms with Gasteiger partial charge in [-0.25, -0.2) is 0 Å². The van der Waals surface area contributed by atoms with Gasteiger partial charge in [0.1, 0.15) is 0 Å². The number of hydrogen-bond acceptors (Lipinski definition) is 2. The van der Waals surface area contributed by atoms with Crippen molar-refractivity contribution in [3.05, 3.63) is 0 Å². The Morgan fingerprint density at radius 2 is 2.15 bits per heavy atom. The molecule has 2 unspecified atom stereocenters. The maximum atomic E-state index is 11.3. The highest BCUT2D eigenvalue weighted by Gasteiger charge is 2.32. The summed E-state index contributed by atoms with van der Waals surface area (Å²) in [6, 6.07) is 0.406. The molecule has 1 saturated heterocycles. The van der Waals surface area contributed by atoms with Crippen molar-refractivity contribution in [3.63, 3.8) is 0 Å². The third kappa shape index (κ3) is 2.21. The van der Waals surface area contributed by atoms with Crippen LogP contribution < -0.4 is 5.73 Å². The second-order valence-corrected chi connectivity index (χ2v) is 4.24. The van der Waals surface area contributed by atoms with Gasteiger partial charge in [0.05, 0.1) is 0 Å². The highest BCUT2D eigenvalue weighted by molar-refractivity contribution is 5.74. The van der Waals surface area contributed by atoms with Gasteiger partial charge in [0.15, 0.2) is 0 Å². The number of amides is 1. The monoisotopic (exact) mass is 184 g/mol. The third-order valence-corrected chi connectivity index (χ3v) is 2.92. The first-order chi connectivity index (χ1) is 6.04. The van der Waals surface area contributed by atoms with Gasteiger partial charge in [-0.15, -0.1) is 0 Å². The van der Waals surface area contributed by atoms with Gasteiger partial charge in [0.2, 0.25) is 5.91 Å². The lowest BCUT2D eigenvalue weighted by Gasteiger charge is -2.30. The van der Waals surface area contributed by atoms with Gasteiger partial charge >= 0.3 is 0 Å². The summed E-state index contributed by atoms with van der Waals surface area (Å²) in [5.74, 6) is 0.614. The first-order valence-corrected chi connectivity index (χ1v) is 5.07. The minimum absolute atomic E-state index is 0.131. The van der Waals surface area contributed by atoms with E-state index in [2.05, 4.69) is 13.8 Å². The van der Waals surface area contributed by atoms with Crippen molar-refractivity contribution in [2.24, 2.45) is 11.7 Å². The summed E-state index contributed by atoms with van der Waals surface area (Å²) in [5, 5.41) is 0. The maximum Gasteiger partial charge on any atom is 0.219 e. The first kappa shape index (κ1) is 10.5. The largest absolute Gasteiger partial charge is 0.338 e. The predicted molar refractivity (Wildman–Crippen MR) is 53.2 cm³/mol. The van der Waals surface area contributed by atoms with Gasteiger partial charge in [-0.05, 0) is 18.8 Å². The van der Waals surface area contributed by atoms with Crippen LogP contribution in [-0.2, 0) is 4.79 Å². The van der Waals surface area contributed by atoms with Crippen LogP contribution in [0.4, 0.5) is 0 Å². The zero-order valence-corrected chi connectivity index (χ0v) is 8.79. The Bertz CT molecular complexity index is 191. The Balaban J connectivity index is 2.62. The molecule has 0 spiro atoms.